The maximum absolute atomic E-state index is 12.6. The molecule has 0 spiro atoms. The molecule has 1 aliphatic carbocycles. The highest BCUT2D eigenvalue weighted by molar-refractivity contribution is 9.09. The number of nitrogens with one attached hydrogen (secondary N) is 2. The lowest BCUT2D eigenvalue weighted by Gasteiger charge is -2.27. The maximum Gasteiger partial charge on any atom is 0.294 e. The number of alkyl halides is 1. The van der Waals surface area contributed by atoms with Crippen LogP contribution in [0.15, 0.2) is 117 Å². The van der Waals surface area contributed by atoms with E-state index in [1.807, 2.05) is 18.2 Å². The third kappa shape index (κ3) is 14.0. The summed E-state index contributed by atoms with van der Waals surface area (Å²) in [6, 6.07) is 15.0. The van der Waals surface area contributed by atoms with Crippen molar-refractivity contribution in [2.45, 2.75) is 86.8 Å². The lowest BCUT2D eigenvalue weighted by atomic mass is 9.81. The first-order valence-corrected chi connectivity index (χ1v) is 29.9. The quantitative estimate of drug-likeness (QED) is 0.0374. The highest BCUT2D eigenvalue weighted by Crippen LogP contribution is 2.49. The number of amides is 2. The summed E-state index contributed by atoms with van der Waals surface area (Å²) in [5.41, 5.74) is 3.12. The number of benzene rings is 3. The number of hydrogen-bond acceptors (Lipinski definition) is 13. The molecule has 0 saturated heterocycles. The molecule has 3 aliphatic rings. The number of carbonyl (C=O) groups is 2. The molecule has 24 heteroatoms. The molecular formula is C48H57BrN4O15S4. The van der Waals surface area contributed by atoms with Crippen molar-refractivity contribution < 1.29 is 70.8 Å². The first-order chi connectivity index (χ1) is 33.5. The summed E-state index contributed by atoms with van der Waals surface area (Å²) in [5.74, 6) is -0.768. The van der Waals surface area contributed by atoms with E-state index in [1.54, 1.807) is 67.5 Å². The monoisotopic (exact) mass is 1140 g/mol. The molecule has 0 saturated carbocycles. The van der Waals surface area contributed by atoms with Crippen molar-refractivity contribution in [2.75, 3.05) is 47.9 Å². The number of allylic oxidation sites excluding steroid dienone is 7. The fourth-order valence-electron chi connectivity index (χ4n) is 9.01. The van der Waals surface area contributed by atoms with E-state index in [0.29, 0.717) is 102 Å². The van der Waals surface area contributed by atoms with Gasteiger partial charge in [0, 0.05) is 60.6 Å². The number of ether oxygens (including phenoxy) is 1. The van der Waals surface area contributed by atoms with Crippen molar-refractivity contribution >= 4 is 85.3 Å². The number of aryl methyl sites for hydroxylation is 1. The van der Waals surface area contributed by atoms with Crippen LogP contribution >= 0.6 is 15.9 Å². The molecule has 2 amide bonds. The molecule has 5 N–H and O–H groups in total. The van der Waals surface area contributed by atoms with Gasteiger partial charge in [-0.3, -0.25) is 23.2 Å². The second-order valence-corrected chi connectivity index (χ2v) is 25.0. The molecule has 0 bridgehead atoms. The molecule has 3 aromatic carbocycles. The van der Waals surface area contributed by atoms with Crippen LogP contribution in [-0.4, -0.2) is 117 Å². The summed E-state index contributed by atoms with van der Waals surface area (Å²) in [5, 5.41) is 5.77. The first kappa shape index (κ1) is 56.2. The van der Waals surface area contributed by atoms with Gasteiger partial charge >= 0.3 is 0 Å². The number of hydrogen-bond donors (Lipinski definition) is 5. The minimum Gasteiger partial charge on any atom is -0.744 e. The topological polar surface area (TPSA) is 294 Å². The van der Waals surface area contributed by atoms with E-state index in [2.05, 4.69) is 26.6 Å². The Morgan fingerprint density at radius 3 is 2.06 bits per heavy atom. The van der Waals surface area contributed by atoms with Crippen molar-refractivity contribution in [3.8, 4) is 5.75 Å². The summed E-state index contributed by atoms with van der Waals surface area (Å²) in [6.07, 6.45) is 9.91. The minimum atomic E-state index is -4.86. The fourth-order valence-corrected chi connectivity index (χ4v) is 11.0. The molecule has 0 radical (unpaired) electrons. The van der Waals surface area contributed by atoms with E-state index < -0.39 is 67.7 Å². The molecule has 3 aromatic rings. The van der Waals surface area contributed by atoms with Crippen LogP contribution in [0.5, 0.6) is 5.75 Å². The van der Waals surface area contributed by atoms with Crippen LogP contribution in [0.2, 0.25) is 0 Å². The number of anilines is 1. The van der Waals surface area contributed by atoms with Gasteiger partial charge < -0.3 is 24.8 Å². The van der Waals surface area contributed by atoms with E-state index in [-0.39, 0.29) is 41.6 Å². The molecule has 72 heavy (non-hydrogen) atoms. The fraction of sp³-hybridized carbons (Fsp3) is 0.396. The Bertz CT molecular complexity index is 3250. The van der Waals surface area contributed by atoms with Crippen LogP contribution in [0.25, 0.3) is 0 Å². The zero-order valence-electron chi connectivity index (χ0n) is 39.9. The van der Waals surface area contributed by atoms with Crippen LogP contribution in [-0.2, 0) is 67.3 Å². The Morgan fingerprint density at radius 1 is 0.792 bits per heavy atom. The summed E-state index contributed by atoms with van der Waals surface area (Å²) in [4.78, 5) is 24.9. The Hall–Kier alpha value is -5.05. The van der Waals surface area contributed by atoms with Crippen molar-refractivity contribution in [2.24, 2.45) is 0 Å². The zero-order chi connectivity index (χ0) is 53.0. The number of carbonyl (C=O) groups excluding carboxylic acids is 2. The van der Waals surface area contributed by atoms with Crippen LogP contribution in [0, 0.1) is 0 Å². The zero-order valence-corrected chi connectivity index (χ0v) is 44.8. The number of rotatable bonds is 21. The van der Waals surface area contributed by atoms with Gasteiger partial charge in [0.25, 0.3) is 30.4 Å². The summed E-state index contributed by atoms with van der Waals surface area (Å²) >= 11 is 3.09. The normalized spacial score (nSPS) is 18.0. The van der Waals surface area contributed by atoms with Crippen molar-refractivity contribution in [3.05, 3.63) is 124 Å². The highest BCUT2D eigenvalue weighted by Gasteiger charge is 2.45. The van der Waals surface area contributed by atoms with Gasteiger partial charge in [0.05, 0.1) is 26.3 Å². The van der Waals surface area contributed by atoms with Crippen LogP contribution in [0.3, 0.4) is 0 Å². The maximum atomic E-state index is 12.6. The van der Waals surface area contributed by atoms with Crippen LogP contribution in [0.4, 0.5) is 11.4 Å². The lowest BCUT2D eigenvalue weighted by Crippen LogP contribution is -2.30. The SMILES string of the molecule is CC1(C)C(/C=C/C2=C(Oc3ccc(CCC(=O)NCCCNC(=O)CBr)cc3)C(=C/C=C3/N(CCS(=O)(=O)O)c4ccc(S(=O)(=O)O)cc4C3(C)C)/CCC2)=[N+](CCS(=O)(=O)O)c2ccc(S(=O)(=O)[O-])cc21. The number of halogens is 1. The van der Waals surface area contributed by atoms with E-state index in [1.165, 1.54) is 30.3 Å². The average molecular weight is 1140 g/mol. The van der Waals surface area contributed by atoms with Gasteiger partial charge in [-0.1, -0.05) is 48.0 Å². The smallest absolute Gasteiger partial charge is 0.294 e. The van der Waals surface area contributed by atoms with Gasteiger partial charge in [0.15, 0.2) is 12.3 Å². The van der Waals surface area contributed by atoms with Gasteiger partial charge in [0.2, 0.25) is 17.5 Å². The van der Waals surface area contributed by atoms with Gasteiger partial charge in [-0.25, -0.2) is 8.42 Å². The molecule has 390 valence electrons. The Morgan fingerprint density at radius 2 is 1.43 bits per heavy atom. The molecule has 0 aromatic heterocycles. The second-order valence-electron chi connectivity index (χ2n) is 18.5. The summed E-state index contributed by atoms with van der Waals surface area (Å²) < 4.78 is 147. The van der Waals surface area contributed by atoms with E-state index in [9.17, 15) is 61.5 Å². The third-order valence-corrected chi connectivity index (χ3v) is 16.3. The molecule has 0 fully saturated rings. The first-order valence-electron chi connectivity index (χ1n) is 22.7. The molecule has 2 aliphatic heterocycles. The number of fused-ring (bicyclic) bond motifs is 2. The third-order valence-electron chi connectivity index (χ3n) is 12.7. The lowest BCUT2D eigenvalue weighted by molar-refractivity contribution is -0.432. The van der Waals surface area contributed by atoms with E-state index in [4.69, 9.17) is 4.74 Å². The summed E-state index contributed by atoms with van der Waals surface area (Å²) in [6.45, 7) is 7.59. The van der Waals surface area contributed by atoms with E-state index in [0.717, 1.165) is 11.6 Å². The highest BCUT2D eigenvalue weighted by atomic mass is 79.9. The molecule has 2 heterocycles. The number of nitrogens with zero attached hydrogens (tertiary/aromatic N) is 2. The van der Waals surface area contributed by atoms with Crippen LogP contribution in [0.1, 0.15) is 76.5 Å². The minimum absolute atomic E-state index is 0.144. The molecule has 0 unspecified atom stereocenters. The standard InChI is InChI=1S/C48H57BrN4O15S4/c1-47(2)38-29-36(71(62,63)64)16-18-40(38)52(25-27-69(56,57)58)42(47)20-12-33-7-5-8-34(46(33)68-35-14-9-32(10-15-35)11-22-44(54)50-23-6-24-51-45(55)31-49)13-21-43-48(3,4)39-30-37(72(65,66)67)17-19-41(39)53(43)26-28-70(59,60)61/h9-10,12-21,29-30H,5-8,11,22-28,31H2,1-4H3,(H5-,50,51,54,55,56,57,58,59,60,61,62,63,64,65,66,67). The van der Waals surface area contributed by atoms with Gasteiger partial charge in [-0.05, 0) is 123 Å². The average Bonchev–Trinajstić information content (AvgIpc) is 3.64. The van der Waals surface area contributed by atoms with Crippen LogP contribution < -0.4 is 20.3 Å². The second kappa shape index (κ2) is 22.2. The molecule has 19 nitrogen and oxygen atoms in total. The predicted molar refractivity (Wildman–Crippen MR) is 273 cm³/mol. The molecule has 6 rings (SSSR count). The Kier molecular flexibility index (Phi) is 17.3. The Labute approximate surface area is 429 Å². The van der Waals surface area contributed by atoms with Gasteiger partial charge in [-0.2, -0.15) is 29.8 Å². The Balaban J connectivity index is 1.41. The molecule has 0 atom stereocenters. The molecular weight excluding hydrogens is 1080 g/mol. The van der Waals surface area contributed by atoms with Crippen molar-refractivity contribution in [1.82, 2.24) is 10.6 Å². The largest absolute Gasteiger partial charge is 0.744 e. The van der Waals surface area contributed by atoms with Gasteiger partial charge in [-0.15, -0.1) is 0 Å². The van der Waals surface area contributed by atoms with E-state index >= 15 is 0 Å². The van der Waals surface area contributed by atoms with Crippen molar-refractivity contribution in [3.63, 3.8) is 0 Å². The van der Waals surface area contributed by atoms with Gasteiger partial charge in [0.1, 0.15) is 27.4 Å². The predicted octanol–water partition coefficient (Wildman–Crippen LogP) is 5.62. The van der Waals surface area contributed by atoms with Crippen molar-refractivity contribution in [1.29, 1.82) is 0 Å². The summed E-state index contributed by atoms with van der Waals surface area (Å²) in [7, 11) is -18.4.